The molecule has 0 bridgehead atoms. The monoisotopic (exact) mass is 406 g/mol. The quantitative estimate of drug-likeness (QED) is 0.640. The number of aromatic nitrogens is 2. The van der Waals surface area contributed by atoms with E-state index in [4.69, 9.17) is 4.63 Å². The summed E-state index contributed by atoms with van der Waals surface area (Å²) < 4.78 is 45.6. The van der Waals surface area contributed by atoms with Crippen LogP contribution in [0.4, 0.5) is 18.9 Å². The van der Waals surface area contributed by atoms with Crippen LogP contribution in [0.15, 0.2) is 41.0 Å². The molecular formula is C20H19F3N3O3+. The molecule has 0 amide bonds. The topological polar surface area (TPSA) is 73.6 Å². The maximum absolute atomic E-state index is 12.9. The highest BCUT2D eigenvalue weighted by molar-refractivity contribution is 5.91. The Balaban J connectivity index is 1.67. The van der Waals surface area contributed by atoms with Crippen LogP contribution in [0.1, 0.15) is 31.4 Å². The van der Waals surface area contributed by atoms with E-state index in [9.17, 15) is 23.4 Å². The first-order valence-corrected chi connectivity index (χ1v) is 9.38. The SMILES string of the molecule is CC1(O)C2CCCN2c2cc(-c3cccc(C(O)C(F)(F)F)c3)cc3no[n+]1c23. The number of benzene rings is 2. The molecule has 9 heteroatoms. The van der Waals surface area contributed by atoms with Crippen molar-refractivity contribution in [1.82, 2.24) is 5.16 Å². The molecule has 0 spiro atoms. The fraction of sp³-hybridized carbons (Fsp3) is 0.400. The second-order valence-corrected chi connectivity index (χ2v) is 7.85. The summed E-state index contributed by atoms with van der Waals surface area (Å²) in [5.74, 6) is 0. The number of rotatable bonds is 2. The summed E-state index contributed by atoms with van der Waals surface area (Å²) in [7, 11) is 0. The molecule has 3 aromatic rings. The van der Waals surface area contributed by atoms with Gasteiger partial charge in [-0.2, -0.15) is 13.2 Å². The molecule has 3 unspecified atom stereocenters. The third kappa shape index (κ3) is 2.64. The van der Waals surface area contributed by atoms with Gasteiger partial charge in [-0.1, -0.05) is 22.8 Å². The first-order valence-electron chi connectivity index (χ1n) is 9.38. The lowest BCUT2D eigenvalue weighted by atomic mass is 9.96. The number of aliphatic hydroxyl groups excluding tert-OH is 1. The lowest BCUT2D eigenvalue weighted by Crippen LogP contribution is -2.66. The molecule has 3 heterocycles. The molecule has 6 nitrogen and oxygen atoms in total. The number of fused-ring (bicyclic) bond motifs is 2. The van der Waals surface area contributed by atoms with Crippen molar-refractivity contribution in [2.24, 2.45) is 0 Å². The van der Waals surface area contributed by atoms with Gasteiger partial charge in [0.05, 0.1) is 5.69 Å². The normalized spacial score (nSPS) is 24.8. The molecule has 0 radical (unpaired) electrons. The molecule has 3 atom stereocenters. The number of hydrogen-bond acceptors (Lipinski definition) is 5. The summed E-state index contributed by atoms with van der Waals surface area (Å²) in [5.41, 5.74) is 1.72. The summed E-state index contributed by atoms with van der Waals surface area (Å²) in [5, 5.41) is 24.7. The molecule has 2 aliphatic heterocycles. The van der Waals surface area contributed by atoms with Gasteiger partial charge < -0.3 is 15.1 Å². The Morgan fingerprint density at radius 2 is 2.07 bits per heavy atom. The van der Waals surface area contributed by atoms with Crippen molar-refractivity contribution in [3.63, 3.8) is 0 Å². The predicted octanol–water partition coefficient (Wildman–Crippen LogP) is 3.03. The Bertz CT molecular complexity index is 1110. The van der Waals surface area contributed by atoms with E-state index < -0.39 is 18.0 Å². The van der Waals surface area contributed by atoms with E-state index >= 15 is 0 Å². The van der Waals surface area contributed by atoms with Gasteiger partial charge in [0.2, 0.25) is 5.52 Å². The van der Waals surface area contributed by atoms with Gasteiger partial charge in [-0.3, -0.25) is 0 Å². The van der Waals surface area contributed by atoms with Gasteiger partial charge in [-0.15, -0.1) is 0 Å². The van der Waals surface area contributed by atoms with Crippen molar-refractivity contribution >= 4 is 16.7 Å². The van der Waals surface area contributed by atoms with E-state index in [1.54, 1.807) is 19.1 Å². The highest BCUT2D eigenvalue weighted by Gasteiger charge is 2.53. The zero-order valence-corrected chi connectivity index (χ0v) is 15.5. The maximum atomic E-state index is 12.9. The number of aliphatic hydroxyl groups is 2. The van der Waals surface area contributed by atoms with Crippen molar-refractivity contribution in [3.05, 3.63) is 42.0 Å². The van der Waals surface area contributed by atoms with Crippen LogP contribution in [-0.2, 0) is 5.72 Å². The fourth-order valence-electron chi connectivity index (χ4n) is 4.54. The minimum atomic E-state index is -4.74. The van der Waals surface area contributed by atoms with E-state index in [1.807, 2.05) is 6.07 Å². The average molecular weight is 406 g/mol. The van der Waals surface area contributed by atoms with E-state index in [0.717, 1.165) is 25.1 Å². The summed E-state index contributed by atoms with van der Waals surface area (Å²) in [6, 6.07) is 9.18. The summed E-state index contributed by atoms with van der Waals surface area (Å²) >= 11 is 0. The molecule has 1 saturated heterocycles. The van der Waals surface area contributed by atoms with Crippen molar-refractivity contribution in [2.75, 3.05) is 11.4 Å². The van der Waals surface area contributed by atoms with Crippen LogP contribution in [0.2, 0.25) is 0 Å². The molecule has 2 aromatic carbocycles. The number of hydrogen-bond donors (Lipinski definition) is 2. The molecule has 5 rings (SSSR count). The Morgan fingerprint density at radius 3 is 2.83 bits per heavy atom. The van der Waals surface area contributed by atoms with Crippen LogP contribution in [0, 0.1) is 0 Å². The minimum absolute atomic E-state index is 0.176. The Hall–Kier alpha value is -2.65. The average Bonchev–Trinajstić information content (AvgIpc) is 3.33. The lowest BCUT2D eigenvalue weighted by Gasteiger charge is -2.37. The van der Waals surface area contributed by atoms with Crippen LogP contribution in [-0.4, -0.2) is 34.1 Å². The van der Waals surface area contributed by atoms with Crippen LogP contribution in [0.25, 0.3) is 22.2 Å². The smallest absolute Gasteiger partial charge is 0.379 e. The summed E-state index contributed by atoms with van der Waals surface area (Å²) in [6.07, 6.45) is -5.57. The van der Waals surface area contributed by atoms with Gasteiger partial charge in [0.15, 0.2) is 11.3 Å². The Labute approximate surface area is 163 Å². The lowest BCUT2D eigenvalue weighted by molar-refractivity contribution is -0.932. The number of anilines is 1. The molecular weight excluding hydrogens is 387 g/mol. The molecule has 1 fully saturated rings. The fourth-order valence-corrected chi connectivity index (χ4v) is 4.54. The molecule has 0 saturated carbocycles. The highest BCUT2D eigenvalue weighted by Crippen LogP contribution is 2.42. The van der Waals surface area contributed by atoms with E-state index in [1.165, 1.54) is 22.9 Å². The third-order valence-corrected chi connectivity index (χ3v) is 5.94. The number of halogens is 3. The second-order valence-electron chi connectivity index (χ2n) is 7.85. The molecule has 29 heavy (non-hydrogen) atoms. The van der Waals surface area contributed by atoms with Gasteiger partial charge in [0.1, 0.15) is 6.04 Å². The zero-order valence-electron chi connectivity index (χ0n) is 15.5. The van der Waals surface area contributed by atoms with Crippen molar-refractivity contribution in [3.8, 4) is 11.1 Å². The van der Waals surface area contributed by atoms with Crippen LogP contribution in [0.3, 0.4) is 0 Å². The van der Waals surface area contributed by atoms with Gasteiger partial charge in [-0.05, 0) is 46.4 Å². The van der Waals surface area contributed by atoms with Crippen LogP contribution < -0.4 is 9.64 Å². The molecule has 2 N–H and O–H groups in total. The maximum Gasteiger partial charge on any atom is 0.418 e. The van der Waals surface area contributed by atoms with Crippen molar-refractivity contribution in [1.29, 1.82) is 0 Å². The first-order chi connectivity index (χ1) is 13.7. The van der Waals surface area contributed by atoms with Gasteiger partial charge in [-0.25, -0.2) is 0 Å². The molecule has 0 aliphatic carbocycles. The number of alkyl halides is 3. The second kappa shape index (κ2) is 5.93. The van der Waals surface area contributed by atoms with E-state index in [2.05, 4.69) is 10.1 Å². The molecule has 2 aliphatic rings. The zero-order chi connectivity index (χ0) is 20.6. The van der Waals surface area contributed by atoms with Crippen LogP contribution >= 0.6 is 0 Å². The molecule has 1 aromatic heterocycles. The molecule has 152 valence electrons. The van der Waals surface area contributed by atoms with Crippen molar-refractivity contribution < 1.29 is 32.8 Å². The largest absolute Gasteiger partial charge is 0.418 e. The van der Waals surface area contributed by atoms with Gasteiger partial charge in [0.25, 0.3) is 11.2 Å². The highest BCUT2D eigenvalue weighted by atomic mass is 19.4. The summed E-state index contributed by atoms with van der Waals surface area (Å²) in [6.45, 7) is 2.46. The van der Waals surface area contributed by atoms with Crippen LogP contribution in [0.5, 0.6) is 0 Å². The van der Waals surface area contributed by atoms with E-state index in [-0.39, 0.29) is 11.6 Å². The standard InChI is InChI=1S/C20H19F3N3O3/c1-19(28)16-6-3-7-25(16)15-10-13(9-14-17(15)26(19)29-24-14)11-4-2-5-12(8-11)18(27)20(21,22)23/h2,4-5,8-10,16,18,27-28H,3,6-7H2,1H3/q+1. The van der Waals surface area contributed by atoms with Gasteiger partial charge in [0, 0.05) is 19.5 Å². The third-order valence-electron chi connectivity index (χ3n) is 5.94. The first kappa shape index (κ1) is 18.4. The number of nitrogens with zero attached hydrogens (tertiary/aromatic N) is 3. The Kier molecular flexibility index (Phi) is 3.76. The minimum Gasteiger partial charge on any atom is -0.379 e. The van der Waals surface area contributed by atoms with Crippen molar-refractivity contribution in [2.45, 2.75) is 43.8 Å². The Morgan fingerprint density at radius 1 is 1.28 bits per heavy atom. The predicted molar refractivity (Wildman–Crippen MR) is 96.9 cm³/mol. The summed E-state index contributed by atoms with van der Waals surface area (Å²) in [4.78, 5) is 2.11. The van der Waals surface area contributed by atoms with E-state index in [0.29, 0.717) is 22.2 Å². The van der Waals surface area contributed by atoms with Gasteiger partial charge >= 0.3 is 6.18 Å².